The van der Waals surface area contributed by atoms with Crippen molar-refractivity contribution >= 4 is 9.84 Å². The van der Waals surface area contributed by atoms with Gasteiger partial charge in [-0.3, -0.25) is 0 Å². The van der Waals surface area contributed by atoms with E-state index < -0.39 is 9.84 Å². The van der Waals surface area contributed by atoms with Crippen molar-refractivity contribution in [3.05, 3.63) is 0 Å². The summed E-state index contributed by atoms with van der Waals surface area (Å²) in [6, 6.07) is -0.00170. The third kappa shape index (κ3) is 8.02. The fraction of sp³-hybridized carbons (Fsp3) is 1.00. The summed E-state index contributed by atoms with van der Waals surface area (Å²) >= 11 is 0. The van der Waals surface area contributed by atoms with Gasteiger partial charge in [-0.1, -0.05) is 0 Å². The van der Waals surface area contributed by atoms with Crippen molar-refractivity contribution in [2.45, 2.75) is 38.3 Å². The lowest BCUT2D eigenvalue weighted by atomic mass is 10.2. The second-order valence-electron chi connectivity index (χ2n) is 5.01. The Labute approximate surface area is 110 Å². The number of hydrogen-bond donors (Lipinski definition) is 1. The molecule has 18 heavy (non-hydrogen) atoms. The highest BCUT2D eigenvalue weighted by molar-refractivity contribution is 7.90. The lowest BCUT2D eigenvalue weighted by Gasteiger charge is -2.13. The molecule has 0 aliphatic carbocycles. The fourth-order valence-electron chi connectivity index (χ4n) is 2.03. The van der Waals surface area contributed by atoms with Crippen molar-refractivity contribution in [2.75, 3.05) is 38.4 Å². The van der Waals surface area contributed by atoms with Crippen LogP contribution in [0.3, 0.4) is 0 Å². The second kappa shape index (κ2) is 8.09. The molecule has 0 bridgehead atoms. The third-order valence-electron chi connectivity index (χ3n) is 2.84. The molecule has 108 valence electrons. The van der Waals surface area contributed by atoms with Gasteiger partial charge < -0.3 is 14.8 Å². The lowest BCUT2D eigenvalue weighted by Crippen LogP contribution is -2.33. The van der Waals surface area contributed by atoms with Crippen molar-refractivity contribution in [3.8, 4) is 0 Å². The molecule has 0 aromatic rings. The predicted octanol–water partition coefficient (Wildman–Crippen LogP) is 0.595. The van der Waals surface area contributed by atoms with Crippen LogP contribution in [0.2, 0.25) is 0 Å². The Morgan fingerprint density at radius 1 is 1.50 bits per heavy atom. The first-order valence-corrected chi connectivity index (χ1v) is 8.64. The SMILES string of the molecule is CC(CS(C)(=O)=O)NCCCOCC1CCCO1. The first-order chi connectivity index (χ1) is 8.47. The van der Waals surface area contributed by atoms with Crippen LogP contribution in [0.1, 0.15) is 26.2 Å². The fourth-order valence-corrected chi connectivity index (χ4v) is 3.05. The molecule has 0 saturated carbocycles. The molecule has 1 aliphatic heterocycles. The van der Waals surface area contributed by atoms with Gasteiger partial charge in [0.2, 0.25) is 0 Å². The van der Waals surface area contributed by atoms with E-state index in [4.69, 9.17) is 9.47 Å². The minimum absolute atomic E-state index is 0.00170. The van der Waals surface area contributed by atoms with Gasteiger partial charge in [-0.05, 0) is 32.7 Å². The molecule has 5 nitrogen and oxygen atoms in total. The van der Waals surface area contributed by atoms with E-state index >= 15 is 0 Å². The van der Waals surface area contributed by atoms with Gasteiger partial charge in [-0.25, -0.2) is 8.42 Å². The average molecular weight is 279 g/mol. The summed E-state index contributed by atoms with van der Waals surface area (Å²) in [5.74, 6) is 0.184. The summed E-state index contributed by atoms with van der Waals surface area (Å²) in [6.07, 6.45) is 4.67. The summed E-state index contributed by atoms with van der Waals surface area (Å²) in [6.45, 7) is 4.90. The monoisotopic (exact) mass is 279 g/mol. The van der Waals surface area contributed by atoms with Gasteiger partial charge in [0.05, 0.1) is 18.5 Å². The van der Waals surface area contributed by atoms with E-state index in [9.17, 15) is 8.42 Å². The van der Waals surface area contributed by atoms with Crippen LogP contribution in [0.4, 0.5) is 0 Å². The van der Waals surface area contributed by atoms with E-state index in [0.717, 1.165) is 32.4 Å². The highest BCUT2D eigenvalue weighted by Gasteiger charge is 2.15. The molecule has 0 amide bonds. The highest BCUT2D eigenvalue weighted by Crippen LogP contribution is 2.11. The molecule has 1 saturated heterocycles. The second-order valence-corrected chi connectivity index (χ2v) is 7.20. The van der Waals surface area contributed by atoms with Crippen LogP contribution in [-0.4, -0.2) is 58.9 Å². The van der Waals surface area contributed by atoms with E-state index in [-0.39, 0.29) is 17.9 Å². The molecule has 6 heteroatoms. The van der Waals surface area contributed by atoms with Crippen LogP contribution >= 0.6 is 0 Å². The summed E-state index contributed by atoms with van der Waals surface area (Å²) in [5, 5.41) is 3.18. The summed E-state index contributed by atoms with van der Waals surface area (Å²) in [4.78, 5) is 0. The molecule has 0 aromatic heterocycles. The Hall–Kier alpha value is -0.170. The zero-order valence-corrected chi connectivity index (χ0v) is 12.2. The summed E-state index contributed by atoms with van der Waals surface area (Å²) < 4.78 is 33.1. The van der Waals surface area contributed by atoms with Crippen LogP contribution in [-0.2, 0) is 19.3 Å². The van der Waals surface area contributed by atoms with Crippen LogP contribution in [0.5, 0.6) is 0 Å². The summed E-state index contributed by atoms with van der Waals surface area (Å²) in [7, 11) is -2.89. The zero-order chi connectivity index (χ0) is 13.4. The van der Waals surface area contributed by atoms with E-state index in [1.54, 1.807) is 0 Å². The minimum atomic E-state index is -2.89. The van der Waals surface area contributed by atoms with Crippen molar-refractivity contribution in [1.29, 1.82) is 0 Å². The van der Waals surface area contributed by atoms with Gasteiger partial charge >= 0.3 is 0 Å². The number of ether oxygens (including phenoxy) is 2. The molecular weight excluding hydrogens is 254 g/mol. The average Bonchev–Trinajstić information content (AvgIpc) is 2.73. The molecule has 0 radical (unpaired) electrons. The molecule has 2 unspecified atom stereocenters. The first kappa shape index (κ1) is 15.9. The Kier molecular flexibility index (Phi) is 7.14. The number of rotatable bonds is 9. The van der Waals surface area contributed by atoms with E-state index in [2.05, 4.69) is 5.32 Å². The number of hydrogen-bond acceptors (Lipinski definition) is 5. The summed E-state index contributed by atoms with van der Waals surface area (Å²) in [5.41, 5.74) is 0. The topological polar surface area (TPSA) is 64.6 Å². The largest absolute Gasteiger partial charge is 0.379 e. The van der Waals surface area contributed by atoms with Crippen LogP contribution in [0.15, 0.2) is 0 Å². The number of nitrogens with one attached hydrogen (secondary N) is 1. The molecule has 1 aliphatic rings. The van der Waals surface area contributed by atoms with E-state index in [0.29, 0.717) is 13.2 Å². The maximum atomic E-state index is 11.0. The van der Waals surface area contributed by atoms with Gasteiger partial charge in [-0.15, -0.1) is 0 Å². The Balaban J connectivity index is 1.91. The van der Waals surface area contributed by atoms with Gasteiger partial charge in [0.15, 0.2) is 0 Å². The molecule has 0 aromatic carbocycles. The first-order valence-electron chi connectivity index (χ1n) is 6.58. The molecule has 0 spiro atoms. The lowest BCUT2D eigenvalue weighted by molar-refractivity contribution is 0.0166. The van der Waals surface area contributed by atoms with Gasteiger partial charge in [0.1, 0.15) is 9.84 Å². The van der Waals surface area contributed by atoms with E-state index in [1.165, 1.54) is 6.26 Å². The Morgan fingerprint density at radius 3 is 2.89 bits per heavy atom. The van der Waals surface area contributed by atoms with Crippen LogP contribution < -0.4 is 5.32 Å². The Morgan fingerprint density at radius 2 is 2.28 bits per heavy atom. The maximum Gasteiger partial charge on any atom is 0.148 e. The molecule has 1 fully saturated rings. The van der Waals surface area contributed by atoms with Gasteiger partial charge in [-0.2, -0.15) is 0 Å². The van der Waals surface area contributed by atoms with Crippen molar-refractivity contribution in [1.82, 2.24) is 5.32 Å². The molecular formula is C12H25NO4S. The van der Waals surface area contributed by atoms with Gasteiger partial charge in [0, 0.05) is 25.5 Å². The highest BCUT2D eigenvalue weighted by atomic mass is 32.2. The van der Waals surface area contributed by atoms with Gasteiger partial charge in [0.25, 0.3) is 0 Å². The van der Waals surface area contributed by atoms with Crippen molar-refractivity contribution in [3.63, 3.8) is 0 Å². The number of sulfone groups is 1. The Bertz CT molecular complexity index is 312. The molecule has 2 atom stereocenters. The molecule has 1 N–H and O–H groups in total. The standard InChI is InChI=1S/C12H25NO4S/c1-11(10-18(2,14)15)13-6-4-7-16-9-12-5-3-8-17-12/h11-13H,3-10H2,1-2H3. The molecule has 1 rings (SSSR count). The smallest absolute Gasteiger partial charge is 0.148 e. The van der Waals surface area contributed by atoms with E-state index in [1.807, 2.05) is 6.92 Å². The van der Waals surface area contributed by atoms with Crippen LogP contribution in [0.25, 0.3) is 0 Å². The normalized spacial score (nSPS) is 22.2. The van der Waals surface area contributed by atoms with Crippen molar-refractivity contribution in [2.24, 2.45) is 0 Å². The predicted molar refractivity (Wildman–Crippen MR) is 71.6 cm³/mol. The van der Waals surface area contributed by atoms with Crippen molar-refractivity contribution < 1.29 is 17.9 Å². The molecule has 1 heterocycles. The third-order valence-corrected chi connectivity index (χ3v) is 3.94. The maximum absolute atomic E-state index is 11.0. The quantitative estimate of drug-likeness (QED) is 0.626. The minimum Gasteiger partial charge on any atom is -0.379 e. The van der Waals surface area contributed by atoms with Crippen LogP contribution in [0, 0.1) is 0 Å². The zero-order valence-electron chi connectivity index (χ0n) is 11.4.